The van der Waals surface area contributed by atoms with Crippen molar-refractivity contribution in [3.8, 4) is 0 Å². The Morgan fingerprint density at radius 3 is 3.05 bits per heavy atom. The maximum Gasteiger partial charge on any atom is 0.363 e. The molecule has 1 aromatic heterocycles. The second kappa shape index (κ2) is 3.46. The first kappa shape index (κ1) is 12.5. The van der Waals surface area contributed by atoms with Gasteiger partial charge >= 0.3 is 5.97 Å². The molecule has 3 heterocycles. The van der Waals surface area contributed by atoms with Gasteiger partial charge in [-0.25, -0.2) is 9.78 Å². The van der Waals surface area contributed by atoms with Crippen molar-refractivity contribution in [1.29, 1.82) is 0 Å². The molecule has 112 valence electrons. The van der Waals surface area contributed by atoms with Gasteiger partial charge < -0.3 is 4.18 Å². The van der Waals surface area contributed by atoms with Gasteiger partial charge in [-0.05, 0) is 36.3 Å². The number of aromatic nitrogens is 1. The summed E-state index contributed by atoms with van der Waals surface area (Å²) in [6.07, 6.45) is 5.70. The van der Waals surface area contributed by atoms with Crippen LogP contribution in [0.25, 0.3) is 0 Å². The minimum Gasteiger partial charge on any atom is -0.342 e. The molecule has 2 aliphatic heterocycles. The Kier molecular flexibility index (Phi) is 2.06. The van der Waals surface area contributed by atoms with E-state index in [0.29, 0.717) is 11.5 Å². The smallest absolute Gasteiger partial charge is 0.342 e. The van der Waals surface area contributed by atoms with Crippen LogP contribution in [0.4, 0.5) is 0 Å². The summed E-state index contributed by atoms with van der Waals surface area (Å²) in [7, 11) is -1.97. The Morgan fingerprint density at radius 2 is 2.29 bits per heavy atom. The Morgan fingerprint density at radius 1 is 1.43 bits per heavy atom. The number of pyridine rings is 1. The predicted molar refractivity (Wildman–Crippen MR) is 78.8 cm³/mol. The summed E-state index contributed by atoms with van der Waals surface area (Å²) in [4.78, 5) is 16.7. The molecule has 4 unspecified atom stereocenters. The Hall–Kier alpha value is -1.07. The van der Waals surface area contributed by atoms with Crippen LogP contribution in [0.5, 0.6) is 0 Å². The van der Waals surface area contributed by atoms with Crippen molar-refractivity contribution in [3.05, 3.63) is 23.9 Å². The largest absolute Gasteiger partial charge is 0.363 e. The lowest BCUT2D eigenvalue weighted by molar-refractivity contribution is -0.219. The summed E-state index contributed by atoms with van der Waals surface area (Å²) in [6.45, 7) is 4.73. The number of nitrogens with zero attached hydrogens (tertiary/aromatic N) is 1. The van der Waals surface area contributed by atoms with Gasteiger partial charge in [-0.2, -0.15) is 0 Å². The van der Waals surface area contributed by atoms with E-state index in [1.54, 1.807) is 12.3 Å². The minimum atomic E-state index is -1.97. The lowest BCUT2D eigenvalue weighted by Gasteiger charge is -2.66. The lowest BCUT2D eigenvalue weighted by Crippen LogP contribution is -2.67. The number of hydrogen-bond acceptors (Lipinski definition) is 4. The second-order valence-corrected chi connectivity index (χ2v) is 9.64. The van der Waals surface area contributed by atoms with Crippen molar-refractivity contribution in [2.45, 2.75) is 44.2 Å². The number of carbonyl (C=O) groups is 1. The summed E-state index contributed by atoms with van der Waals surface area (Å²) >= 11 is 0. The molecule has 4 aliphatic rings. The lowest BCUT2D eigenvalue weighted by atomic mass is 9.39. The fourth-order valence-corrected chi connectivity index (χ4v) is 8.75. The molecular formula is C16H19NO3S. The first-order valence-electron chi connectivity index (χ1n) is 7.68. The third-order valence-electron chi connectivity index (χ3n) is 6.46. The van der Waals surface area contributed by atoms with Crippen LogP contribution in [0.15, 0.2) is 23.4 Å². The van der Waals surface area contributed by atoms with Crippen LogP contribution in [-0.2, 0) is 8.37 Å². The van der Waals surface area contributed by atoms with Gasteiger partial charge in [0.25, 0.3) is 0 Å². The molecule has 4 nitrogen and oxygen atoms in total. The quantitative estimate of drug-likeness (QED) is 0.736. The van der Waals surface area contributed by atoms with Gasteiger partial charge in [-0.15, -0.1) is 10.6 Å². The van der Waals surface area contributed by atoms with Crippen molar-refractivity contribution >= 4 is 16.6 Å². The molecule has 0 N–H and O–H groups in total. The molecule has 5 heteroatoms. The van der Waals surface area contributed by atoms with Crippen molar-refractivity contribution in [2.75, 3.05) is 5.75 Å². The summed E-state index contributed by atoms with van der Waals surface area (Å²) in [5.41, 5.74) is 1.08. The van der Waals surface area contributed by atoms with Crippen LogP contribution in [0.3, 0.4) is 0 Å². The molecule has 0 radical (unpaired) electrons. The summed E-state index contributed by atoms with van der Waals surface area (Å²) in [5.74, 6) is 1.20. The minimum absolute atomic E-state index is 0.185. The predicted octanol–water partition coefficient (Wildman–Crippen LogP) is 3.47. The second-order valence-electron chi connectivity index (χ2n) is 7.38. The summed E-state index contributed by atoms with van der Waals surface area (Å²) in [6, 6.07) is 3.60. The van der Waals surface area contributed by atoms with Gasteiger partial charge in [-0.3, -0.25) is 4.18 Å². The number of carbonyl (C=O) groups excluding carboxylic acids is 1. The molecule has 4 atom stereocenters. The van der Waals surface area contributed by atoms with Gasteiger partial charge in [-0.1, -0.05) is 20.3 Å². The molecule has 1 saturated heterocycles. The van der Waals surface area contributed by atoms with E-state index in [1.807, 2.05) is 6.07 Å². The van der Waals surface area contributed by atoms with E-state index in [-0.39, 0.29) is 22.9 Å². The molecule has 0 amide bonds. The van der Waals surface area contributed by atoms with Crippen molar-refractivity contribution in [3.63, 3.8) is 0 Å². The first-order valence-corrected chi connectivity index (χ1v) is 9.34. The van der Waals surface area contributed by atoms with Crippen LogP contribution in [0.2, 0.25) is 0 Å². The van der Waals surface area contributed by atoms with Gasteiger partial charge in [0.15, 0.2) is 5.03 Å². The summed E-state index contributed by atoms with van der Waals surface area (Å²) in [5, 5.41) is 0.778. The van der Waals surface area contributed by atoms with Gasteiger partial charge in [0, 0.05) is 11.6 Å². The Balaban J connectivity index is 1.64. The van der Waals surface area contributed by atoms with Crippen LogP contribution >= 0.6 is 10.6 Å². The maximum absolute atomic E-state index is 12.2. The highest BCUT2D eigenvalue weighted by molar-refractivity contribution is 8.26. The van der Waals surface area contributed by atoms with Crippen LogP contribution in [-0.4, -0.2) is 22.8 Å². The molecule has 2 aliphatic carbocycles. The zero-order chi connectivity index (χ0) is 14.5. The molecule has 2 spiro atoms. The average Bonchev–Trinajstić information content (AvgIpc) is 2.94. The molecule has 2 saturated carbocycles. The van der Waals surface area contributed by atoms with Gasteiger partial charge in [0.05, 0.1) is 11.9 Å². The van der Waals surface area contributed by atoms with Crippen molar-refractivity contribution < 1.29 is 13.2 Å². The van der Waals surface area contributed by atoms with E-state index in [9.17, 15) is 4.79 Å². The number of hydrogen-bond donors (Lipinski definition) is 0. The summed E-state index contributed by atoms with van der Waals surface area (Å²) < 4.78 is 12.3. The highest BCUT2D eigenvalue weighted by atomic mass is 32.3. The molecule has 5 rings (SSSR count). The normalized spacial score (nSPS) is 48.0. The van der Waals surface area contributed by atoms with Crippen LogP contribution in [0, 0.1) is 16.7 Å². The Labute approximate surface area is 126 Å². The van der Waals surface area contributed by atoms with Gasteiger partial charge in [0.2, 0.25) is 0 Å². The van der Waals surface area contributed by atoms with E-state index in [0.717, 1.165) is 10.8 Å². The molecule has 3 fully saturated rings. The van der Waals surface area contributed by atoms with Crippen molar-refractivity contribution in [2.24, 2.45) is 16.7 Å². The van der Waals surface area contributed by atoms with E-state index < -0.39 is 10.6 Å². The first-order chi connectivity index (χ1) is 10.0. The van der Waals surface area contributed by atoms with E-state index in [2.05, 4.69) is 18.8 Å². The maximum atomic E-state index is 12.2. The zero-order valence-corrected chi connectivity index (χ0v) is 13.1. The third-order valence-corrected chi connectivity index (χ3v) is 9.21. The number of rotatable bonds is 0. The molecule has 1 aromatic rings. The molecule has 0 aromatic carbocycles. The third kappa shape index (κ3) is 1.18. The van der Waals surface area contributed by atoms with Crippen molar-refractivity contribution in [1.82, 2.24) is 4.98 Å². The van der Waals surface area contributed by atoms with E-state index in [4.69, 9.17) is 8.37 Å². The zero-order valence-electron chi connectivity index (χ0n) is 12.3. The SMILES string of the molecule is CC1(C)C2CCCC13CS1(OC(=O)c4cccnc41)OC23. The molecule has 2 bridgehead atoms. The van der Waals surface area contributed by atoms with Crippen LogP contribution < -0.4 is 0 Å². The van der Waals surface area contributed by atoms with E-state index in [1.165, 1.54) is 19.3 Å². The standard InChI is InChI=1S/C16H19NO3S/c1-15(2)11-6-3-7-16(15)9-21(19-12(11)16)13-10(14(18)20-21)5-4-8-17-13/h4-5,8,11-12H,3,6-7,9H2,1-2H3. The fourth-order valence-electron chi connectivity index (χ4n) is 5.22. The average molecular weight is 305 g/mol. The molecular weight excluding hydrogens is 286 g/mol. The topological polar surface area (TPSA) is 48.4 Å². The van der Waals surface area contributed by atoms with Gasteiger partial charge in [0.1, 0.15) is 5.56 Å². The Bertz CT molecular complexity index is 675. The van der Waals surface area contributed by atoms with Crippen LogP contribution in [0.1, 0.15) is 43.5 Å². The number of fused-ring (bicyclic) bond motifs is 4. The fraction of sp³-hybridized carbons (Fsp3) is 0.625. The van der Waals surface area contributed by atoms with E-state index >= 15 is 0 Å². The molecule has 21 heavy (non-hydrogen) atoms. The highest BCUT2D eigenvalue weighted by Crippen LogP contribution is 2.83. The monoisotopic (exact) mass is 305 g/mol. The highest BCUT2D eigenvalue weighted by Gasteiger charge is 2.76.